The molecule has 32 heavy (non-hydrogen) atoms. The highest BCUT2D eigenvalue weighted by Gasteiger charge is 2.55. The Balaban J connectivity index is 1.98. The van der Waals surface area contributed by atoms with Gasteiger partial charge >= 0.3 is 5.91 Å². The van der Waals surface area contributed by atoms with E-state index in [1.54, 1.807) is 12.1 Å². The fourth-order valence-electron chi connectivity index (χ4n) is 5.14. The van der Waals surface area contributed by atoms with Crippen LogP contribution in [-0.2, 0) is 36.5 Å². The van der Waals surface area contributed by atoms with E-state index in [4.69, 9.17) is 4.84 Å². The first-order valence-corrected chi connectivity index (χ1v) is 11.8. The Morgan fingerprint density at radius 2 is 1.59 bits per heavy atom. The van der Waals surface area contributed by atoms with Gasteiger partial charge in [0.1, 0.15) is 5.75 Å². The fraction of sp³-hybridized carbons (Fsp3) is 0.462. The molecule has 0 aromatic heterocycles. The predicted octanol–water partition coefficient (Wildman–Crippen LogP) is 5.11. The minimum Gasteiger partial charge on any atom is -0.508 e. The van der Waals surface area contributed by atoms with Crippen LogP contribution >= 0.6 is 11.8 Å². The Bertz CT molecular complexity index is 1110. The number of thioether (sulfide) groups is 1. The molecular weight excluding hydrogens is 422 g/mol. The van der Waals surface area contributed by atoms with Crippen LogP contribution in [0.5, 0.6) is 5.75 Å². The lowest BCUT2D eigenvalue weighted by Crippen LogP contribution is -2.44. The van der Waals surface area contributed by atoms with E-state index < -0.39 is 15.9 Å². The summed E-state index contributed by atoms with van der Waals surface area (Å²) in [5.41, 5.74) is 5.11. The number of carbonyl (C=O) groups is 2. The molecule has 1 aliphatic heterocycles. The van der Waals surface area contributed by atoms with Crippen molar-refractivity contribution in [1.29, 1.82) is 0 Å². The van der Waals surface area contributed by atoms with Crippen LogP contribution in [0.25, 0.3) is 0 Å². The summed E-state index contributed by atoms with van der Waals surface area (Å²) in [5.74, 6) is -0.544. The fourth-order valence-corrected chi connectivity index (χ4v) is 6.42. The maximum Gasteiger partial charge on any atom is 0.326 e. The monoisotopic (exact) mass is 453 g/mol. The molecule has 2 aliphatic rings. The van der Waals surface area contributed by atoms with E-state index in [2.05, 4.69) is 39.8 Å². The maximum atomic E-state index is 12.8. The first-order chi connectivity index (χ1) is 14.9. The number of rotatable bonds is 4. The quantitative estimate of drug-likeness (QED) is 0.652. The molecule has 0 bridgehead atoms. The minimum atomic E-state index is -1.10. The summed E-state index contributed by atoms with van der Waals surface area (Å²) in [6.07, 6.45) is 2.41. The van der Waals surface area contributed by atoms with Crippen molar-refractivity contribution in [3.05, 3.63) is 64.2 Å². The van der Waals surface area contributed by atoms with Crippen molar-refractivity contribution in [2.75, 3.05) is 7.11 Å². The van der Waals surface area contributed by atoms with Crippen LogP contribution in [0.4, 0.5) is 0 Å². The average Bonchev–Trinajstić information content (AvgIpc) is 2.97. The van der Waals surface area contributed by atoms with Gasteiger partial charge in [0, 0.05) is 6.42 Å². The van der Waals surface area contributed by atoms with Gasteiger partial charge in [-0.05, 0) is 76.2 Å². The molecule has 1 saturated heterocycles. The number of amides is 1. The van der Waals surface area contributed by atoms with Crippen molar-refractivity contribution in [2.24, 2.45) is 0 Å². The van der Waals surface area contributed by atoms with Crippen LogP contribution in [0.15, 0.2) is 36.4 Å². The zero-order chi connectivity index (χ0) is 23.5. The zero-order valence-electron chi connectivity index (χ0n) is 19.6. The average molecular weight is 454 g/mol. The smallest absolute Gasteiger partial charge is 0.326 e. The number of aryl methyl sites for hydroxylation is 1. The second kappa shape index (κ2) is 7.63. The largest absolute Gasteiger partial charge is 0.508 e. The Morgan fingerprint density at radius 1 is 1.00 bits per heavy atom. The lowest BCUT2D eigenvalue weighted by molar-refractivity contribution is -0.190. The second-order valence-electron chi connectivity index (χ2n) is 10.2. The molecule has 0 spiro atoms. The van der Waals surface area contributed by atoms with Crippen LogP contribution in [-0.4, -0.2) is 28.3 Å². The molecule has 1 fully saturated rings. The third-order valence-corrected chi connectivity index (χ3v) is 8.40. The van der Waals surface area contributed by atoms with E-state index in [-0.39, 0.29) is 23.0 Å². The number of hydroxylamine groups is 2. The number of phenols is 1. The van der Waals surface area contributed by atoms with Gasteiger partial charge in [-0.3, -0.25) is 14.4 Å². The third kappa shape index (κ3) is 3.44. The van der Waals surface area contributed by atoms with Crippen molar-refractivity contribution in [1.82, 2.24) is 5.06 Å². The topological polar surface area (TPSA) is 66.8 Å². The molecule has 2 aromatic rings. The van der Waals surface area contributed by atoms with Gasteiger partial charge in [0.15, 0.2) is 4.87 Å². The molecule has 0 saturated carbocycles. The van der Waals surface area contributed by atoms with Crippen molar-refractivity contribution < 1.29 is 19.5 Å². The van der Waals surface area contributed by atoms with Gasteiger partial charge < -0.3 is 5.11 Å². The number of carbonyl (C=O) groups excluding carboxylic acids is 2. The molecule has 1 aliphatic carbocycles. The molecule has 1 atom stereocenters. The molecular formula is C26H31NO4S. The first kappa shape index (κ1) is 22.9. The van der Waals surface area contributed by atoms with E-state index >= 15 is 0 Å². The number of hydrogen-bond acceptors (Lipinski definition) is 5. The van der Waals surface area contributed by atoms with Crippen LogP contribution < -0.4 is 0 Å². The van der Waals surface area contributed by atoms with Crippen LogP contribution in [0, 0.1) is 6.92 Å². The number of phenolic OH excluding ortho intramolecular Hbond substituents is 1. The van der Waals surface area contributed by atoms with Gasteiger partial charge in [0.2, 0.25) is 0 Å². The number of aromatic hydroxyl groups is 1. The molecule has 1 amide bonds. The lowest BCUT2D eigenvalue weighted by atomic mass is 9.62. The Morgan fingerprint density at radius 3 is 2.19 bits per heavy atom. The highest BCUT2D eigenvalue weighted by molar-refractivity contribution is 8.16. The van der Waals surface area contributed by atoms with Gasteiger partial charge in [0.05, 0.1) is 7.11 Å². The number of nitrogens with zero attached hydrogens (tertiary/aromatic N) is 1. The third-order valence-electron chi connectivity index (χ3n) is 7.17. The SMILES string of the molecule is CON1C(=O)C(=O)SC1(Cc1ccccc1O)c1cc2c(cc1C)C(C)(C)CCC2(C)C. The summed E-state index contributed by atoms with van der Waals surface area (Å²) in [6.45, 7) is 11.1. The lowest BCUT2D eigenvalue weighted by Gasteiger charge is -2.44. The van der Waals surface area contributed by atoms with Gasteiger partial charge in [0.25, 0.3) is 5.12 Å². The molecule has 2 aromatic carbocycles. The van der Waals surface area contributed by atoms with Crippen LogP contribution in [0.1, 0.15) is 68.4 Å². The molecule has 1 heterocycles. The highest BCUT2D eigenvalue weighted by atomic mass is 32.2. The summed E-state index contributed by atoms with van der Waals surface area (Å²) in [4.78, 5) is 29.9. The summed E-state index contributed by atoms with van der Waals surface area (Å²) in [5, 5.41) is 11.1. The second-order valence-corrected chi connectivity index (χ2v) is 11.5. The molecule has 4 rings (SSSR count). The minimum absolute atomic E-state index is 0.0292. The molecule has 170 valence electrons. The van der Waals surface area contributed by atoms with E-state index in [0.717, 1.165) is 35.7 Å². The van der Waals surface area contributed by atoms with Crippen molar-refractivity contribution in [3.63, 3.8) is 0 Å². The van der Waals surface area contributed by atoms with Gasteiger partial charge in [-0.25, -0.2) is 0 Å². The van der Waals surface area contributed by atoms with Crippen molar-refractivity contribution in [2.45, 2.75) is 69.6 Å². The van der Waals surface area contributed by atoms with E-state index in [9.17, 15) is 14.7 Å². The first-order valence-electron chi connectivity index (χ1n) is 11.0. The summed E-state index contributed by atoms with van der Waals surface area (Å²) in [6, 6.07) is 11.4. The molecule has 1 N–H and O–H groups in total. The normalized spacial score (nSPS) is 24.0. The Kier molecular flexibility index (Phi) is 5.45. The zero-order valence-corrected chi connectivity index (χ0v) is 20.4. The van der Waals surface area contributed by atoms with E-state index in [1.165, 1.54) is 23.3 Å². The highest BCUT2D eigenvalue weighted by Crippen LogP contribution is 2.53. The summed E-state index contributed by atoms with van der Waals surface area (Å²) < 4.78 is 0. The van der Waals surface area contributed by atoms with Gasteiger partial charge in [-0.2, -0.15) is 5.06 Å². The van der Waals surface area contributed by atoms with E-state index in [0.29, 0.717) is 5.56 Å². The number of para-hydroxylation sites is 1. The number of benzene rings is 2. The van der Waals surface area contributed by atoms with Crippen LogP contribution in [0.2, 0.25) is 0 Å². The number of hydrogen-bond donors (Lipinski definition) is 1. The summed E-state index contributed by atoms with van der Waals surface area (Å²) in [7, 11) is 1.41. The maximum absolute atomic E-state index is 12.8. The van der Waals surface area contributed by atoms with Gasteiger partial charge in [-0.15, -0.1) is 0 Å². The van der Waals surface area contributed by atoms with E-state index in [1.807, 2.05) is 19.1 Å². The van der Waals surface area contributed by atoms with Gasteiger partial charge in [-0.1, -0.05) is 58.0 Å². The number of fused-ring (bicyclic) bond motifs is 1. The molecule has 5 nitrogen and oxygen atoms in total. The predicted molar refractivity (Wildman–Crippen MR) is 126 cm³/mol. The van der Waals surface area contributed by atoms with Crippen LogP contribution in [0.3, 0.4) is 0 Å². The molecule has 0 radical (unpaired) electrons. The van der Waals surface area contributed by atoms with Crippen molar-refractivity contribution in [3.8, 4) is 5.75 Å². The standard InChI is InChI=1S/C26H31NO4S/c1-16-13-19-20(25(4,5)12-11-24(19,2)3)14-18(16)26(15-17-9-7-8-10-21(17)28)27(31-6)22(29)23(30)32-26/h7-10,13-14,28H,11-12,15H2,1-6H3. The Labute approximate surface area is 194 Å². The Hall–Kier alpha value is -2.31. The summed E-state index contributed by atoms with van der Waals surface area (Å²) >= 11 is 0.977. The molecule has 6 heteroatoms. The van der Waals surface area contributed by atoms with Crippen molar-refractivity contribution >= 4 is 22.8 Å². The molecule has 1 unspecified atom stereocenters.